The summed E-state index contributed by atoms with van der Waals surface area (Å²) in [6.45, 7) is -0.340. The fourth-order valence-electron chi connectivity index (χ4n) is 2.84. The summed E-state index contributed by atoms with van der Waals surface area (Å²) in [5.74, 6) is -0.423. The molecular formula is C15H17N4O8P. The predicted octanol–water partition coefficient (Wildman–Crippen LogP) is -0.270. The molecule has 4 rings (SSSR count). The number of primary amides is 1. The van der Waals surface area contributed by atoms with E-state index in [1.807, 2.05) is 0 Å². The molecule has 5 atom stereocenters. The molecule has 12 nitrogen and oxygen atoms in total. The van der Waals surface area contributed by atoms with Gasteiger partial charge in [0, 0.05) is 5.56 Å². The van der Waals surface area contributed by atoms with E-state index in [4.69, 9.17) is 24.0 Å². The van der Waals surface area contributed by atoms with Crippen LogP contribution < -0.4 is 10.3 Å². The third-order valence-electron chi connectivity index (χ3n) is 4.32. The summed E-state index contributed by atoms with van der Waals surface area (Å²) in [5, 5.41) is 27.6. The number of nitrogens with two attached hydrogens (primary N) is 1. The number of aliphatic hydroxyl groups is 2. The fraction of sp³-hybridized carbons (Fsp3) is 0.400. The summed E-state index contributed by atoms with van der Waals surface area (Å²) in [5.41, 5.74) is 5.70. The monoisotopic (exact) mass is 412 g/mol. The Labute approximate surface area is 158 Å². The van der Waals surface area contributed by atoms with Gasteiger partial charge in [-0.3, -0.25) is 13.8 Å². The summed E-state index contributed by atoms with van der Waals surface area (Å²) >= 11 is 0. The lowest BCUT2D eigenvalue weighted by atomic mass is 10.1. The van der Waals surface area contributed by atoms with E-state index in [0.29, 0.717) is 5.75 Å². The molecule has 1 saturated heterocycles. The number of carbonyl (C=O) groups is 1. The quantitative estimate of drug-likeness (QED) is 0.556. The van der Waals surface area contributed by atoms with Crippen molar-refractivity contribution in [1.29, 1.82) is 0 Å². The van der Waals surface area contributed by atoms with Crippen molar-refractivity contribution in [2.45, 2.75) is 31.1 Å². The maximum atomic E-state index is 12.6. The number of hydrogen-bond donors (Lipinski definition) is 3. The van der Waals surface area contributed by atoms with E-state index >= 15 is 0 Å². The van der Waals surface area contributed by atoms with Crippen molar-refractivity contribution >= 4 is 13.7 Å². The first kappa shape index (κ1) is 19.0. The molecule has 2 aliphatic rings. The van der Waals surface area contributed by atoms with Crippen LogP contribution in [0.25, 0.3) is 0 Å². The zero-order valence-corrected chi connectivity index (χ0v) is 15.2. The Morgan fingerprint density at radius 2 is 2.14 bits per heavy atom. The number of phosphoric ester groups is 1. The van der Waals surface area contributed by atoms with Crippen LogP contribution >= 0.6 is 7.82 Å². The number of amides is 1. The number of aromatic nitrogens is 3. The molecule has 150 valence electrons. The van der Waals surface area contributed by atoms with E-state index in [1.165, 1.54) is 6.20 Å². The largest absolute Gasteiger partial charge is 0.530 e. The topological polar surface area (TPSA) is 168 Å². The van der Waals surface area contributed by atoms with Crippen molar-refractivity contribution in [2.24, 2.45) is 5.73 Å². The molecule has 1 aromatic carbocycles. The van der Waals surface area contributed by atoms with Gasteiger partial charge in [0.1, 0.15) is 24.1 Å². The highest BCUT2D eigenvalue weighted by atomic mass is 31.2. The van der Waals surface area contributed by atoms with E-state index in [1.54, 1.807) is 24.3 Å². The van der Waals surface area contributed by atoms with E-state index in [-0.39, 0.29) is 18.9 Å². The average molecular weight is 412 g/mol. The number of nitrogens with zero attached hydrogens (tertiary/aromatic N) is 3. The summed E-state index contributed by atoms with van der Waals surface area (Å²) < 4.78 is 35.0. The van der Waals surface area contributed by atoms with Gasteiger partial charge in [-0.15, -0.1) is 5.10 Å². The second kappa shape index (κ2) is 7.24. The van der Waals surface area contributed by atoms with Gasteiger partial charge in [-0.05, 0) is 6.07 Å². The molecule has 0 aliphatic carbocycles. The number of rotatable bonds is 5. The molecule has 1 aromatic heterocycles. The lowest BCUT2D eigenvalue weighted by Crippen LogP contribution is -2.34. The SMILES string of the molecule is NC(=O)c1cn([C@@H]2O[C@H](COP3(=O)OCc4ccccc4O3)[C@@H](O)[C@H]2O)nn1. The third-order valence-corrected chi connectivity index (χ3v) is 5.65. The minimum atomic E-state index is -3.91. The molecule has 2 aliphatic heterocycles. The van der Waals surface area contributed by atoms with Crippen LogP contribution in [0, 0.1) is 0 Å². The first-order valence-corrected chi connectivity index (χ1v) is 9.72. The number of benzene rings is 1. The van der Waals surface area contributed by atoms with Crippen molar-refractivity contribution in [3.05, 3.63) is 41.7 Å². The lowest BCUT2D eigenvalue weighted by molar-refractivity contribution is -0.0597. The van der Waals surface area contributed by atoms with E-state index in [9.17, 15) is 19.6 Å². The van der Waals surface area contributed by atoms with Gasteiger partial charge in [0.05, 0.1) is 19.4 Å². The Kier molecular flexibility index (Phi) is 4.91. The van der Waals surface area contributed by atoms with Crippen molar-refractivity contribution in [1.82, 2.24) is 15.0 Å². The Bertz CT molecular complexity index is 936. The van der Waals surface area contributed by atoms with Crippen LogP contribution in [0.15, 0.2) is 30.5 Å². The standard InChI is InChI=1S/C15H17N4O8P/c16-14(22)9-5-19(18-17-9)15-13(21)12(20)11(26-15)7-25-28(23)24-6-8-3-1-2-4-10(8)27-28/h1-5,11-13,15,20-21H,6-7H2,(H2,16,22)/t11-,12-,13-,15-,28?/m1/s1. The van der Waals surface area contributed by atoms with Gasteiger partial charge < -0.3 is 25.2 Å². The van der Waals surface area contributed by atoms with Crippen molar-refractivity contribution in [3.8, 4) is 5.75 Å². The molecule has 2 aromatic rings. The number of fused-ring (bicyclic) bond motifs is 1. The van der Waals surface area contributed by atoms with E-state index in [2.05, 4.69) is 10.3 Å². The molecule has 0 saturated carbocycles. The van der Waals surface area contributed by atoms with Gasteiger partial charge in [0.25, 0.3) is 5.91 Å². The minimum absolute atomic E-state index is 0.0433. The predicted molar refractivity (Wildman–Crippen MR) is 89.9 cm³/mol. The highest BCUT2D eigenvalue weighted by molar-refractivity contribution is 7.49. The van der Waals surface area contributed by atoms with Crippen LogP contribution in [0.4, 0.5) is 0 Å². The second-order valence-electron chi connectivity index (χ2n) is 6.21. The maximum absolute atomic E-state index is 12.6. The van der Waals surface area contributed by atoms with Gasteiger partial charge in [-0.2, -0.15) is 0 Å². The molecule has 1 amide bonds. The van der Waals surface area contributed by atoms with Crippen molar-refractivity contribution < 1.29 is 37.9 Å². The second-order valence-corrected chi connectivity index (χ2v) is 7.80. The highest BCUT2D eigenvalue weighted by Crippen LogP contribution is 2.54. The van der Waals surface area contributed by atoms with E-state index in [0.717, 1.165) is 10.2 Å². The number of hydrogen-bond acceptors (Lipinski definition) is 10. The van der Waals surface area contributed by atoms with Crippen LogP contribution in [-0.2, 0) is 25.0 Å². The average Bonchev–Trinajstić information content (AvgIpc) is 3.27. The summed E-state index contributed by atoms with van der Waals surface area (Å²) in [7, 11) is -3.91. The fourth-order valence-corrected chi connectivity index (χ4v) is 4.06. The summed E-state index contributed by atoms with van der Waals surface area (Å²) in [6, 6.07) is 6.91. The molecule has 0 radical (unpaired) electrons. The number of aliphatic hydroxyl groups excluding tert-OH is 2. The van der Waals surface area contributed by atoms with Crippen molar-refractivity contribution in [3.63, 3.8) is 0 Å². The Morgan fingerprint density at radius 1 is 1.36 bits per heavy atom. The third kappa shape index (κ3) is 3.53. The first-order valence-electron chi connectivity index (χ1n) is 8.26. The van der Waals surface area contributed by atoms with Gasteiger partial charge in [-0.1, -0.05) is 23.4 Å². The normalized spacial score (nSPS) is 31.9. The molecule has 1 unspecified atom stereocenters. The molecule has 0 spiro atoms. The smallest absolute Gasteiger partial charge is 0.404 e. The molecule has 4 N–H and O–H groups in total. The first-order chi connectivity index (χ1) is 13.4. The Hall–Kier alpha value is -2.34. The van der Waals surface area contributed by atoms with Crippen LogP contribution in [0.1, 0.15) is 22.3 Å². The Morgan fingerprint density at radius 3 is 2.89 bits per heavy atom. The lowest BCUT2D eigenvalue weighted by Gasteiger charge is -2.25. The number of carbonyl (C=O) groups excluding carboxylic acids is 1. The number of ether oxygens (including phenoxy) is 1. The van der Waals surface area contributed by atoms with Crippen LogP contribution in [0.2, 0.25) is 0 Å². The molecule has 28 heavy (non-hydrogen) atoms. The Balaban J connectivity index is 1.41. The van der Waals surface area contributed by atoms with Crippen molar-refractivity contribution in [2.75, 3.05) is 6.61 Å². The van der Waals surface area contributed by atoms with Crippen LogP contribution in [-0.4, -0.2) is 56.0 Å². The zero-order chi connectivity index (χ0) is 19.9. The molecule has 0 bridgehead atoms. The molecule has 1 fully saturated rings. The zero-order valence-electron chi connectivity index (χ0n) is 14.3. The molecular weight excluding hydrogens is 395 g/mol. The highest BCUT2D eigenvalue weighted by Gasteiger charge is 2.46. The maximum Gasteiger partial charge on any atom is 0.530 e. The van der Waals surface area contributed by atoms with Crippen LogP contribution in [0.3, 0.4) is 0 Å². The van der Waals surface area contributed by atoms with Gasteiger partial charge in [0.2, 0.25) is 0 Å². The van der Waals surface area contributed by atoms with Gasteiger partial charge in [-0.25, -0.2) is 9.25 Å². The molecule has 13 heteroatoms. The number of para-hydroxylation sites is 1. The summed E-state index contributed by atoms with van der Waals surface area (Å²) in [4.78, 5) is 11.1. The minimum Gasteiger partial charge on any atom is -0.404 e. The van der Waals surface area contributed by atoms with Crippen LogP contribution in [0.5, 0.6) is 5.75 Å². The number of phosphoric acid groups is 1. The molecule has 3 heterocycles. The van der Waals surface area contributed by atoms with E-state index < -0.39 is 38.3 Å². The van der Waals surface area contributed by atoms with Gasteiger partial charge in [0.15, 0.2) is 11.9 Å². The summed E-state index contributed by atoms with van der Waals surface area (Å²) in [6.07, 6.45) is -3.80. The van der Waals surface area contributed by atoms with Gasteiger partial charge >= 0.3 is 7.82 Å².